The van der Waals surface area contributed by atoms with E-state index in [0.717, 1.165) is 6.42 Å². The van der Waals surface area contributed by atoms with Crippen LogP contribution in [0.5, 0.6) is 5.75 Å². The Morgan fingerprint density at radius 3 is 2.50 bits per heavy atom. The van der Waals surface area contributed by atoms with Crippen LogP contribution in [0, 0.1) is 4.91 Å². The predicted molar refractivity (Wildman–Crippen MR) is 77.1 cm³/mol. The van der Waals surface area contributed by atoms with Gasteiger partial charge in [-0.3, -0.25) is 4.55 Å². The van der Waals surface area contributed by atoms with Crippen molar-refractivity contribution in [2.24, 2.45) is 5.18 Å². The fourth-order valence-electron chi connectivity index (χ4n) is 1.86. The van der Waals surface area contributed by atoms with Crippen LogP contribution in [-0.4, -0.2) is 36.9 Å². The van der Waals surface area contributed by atoms with Gasteiger partial charge in [-0.15, -0.1) is 4.91 Å². The minimum Gasteiger partial charge on any atom is -0.505 e. The molecule has 0 aromatic heterocycles. The van der Waals surface area contributed by atoms with Gasteiger partial charge in [-0.2, -0.15) is 8.42 Å². The van der Waals surface area contributed by atoms with Crippen molar-refractivity contribution in [2.45, 2.75) is 19.8 Å². The maximum atomic E-state index is 10.7. The van der Waals surface area contributed by atoms with Crippen molar-refractivity contribution in [2.75, 3.05) is 23.7 Å². The van der Waals surface area contributed by atoms with Gasteiger partial charge in [0.25, 0.3) is 10.1 Å². The number of aromatic hydroxyl groups is 1. The molecule has 0 aliphatic rings. The third-order valence-electron chi connectivity index (χ3n) is 2.75. The molecule has 112 valence electrons. The van der Waals surface area contributed by atoms with Crippen LogP contribution in [-0.2, 0) is 10.1 Å². The highest BCUT2D eigenvalue weighted by Gasteiger charge is 2.11. The lowest BCUT2D eigenvalue weighted by Gasteiger charge is -2.24. The molecule has 1 rings (SSSR count). The Kier molecular flexibility index (Phi) is 5.90. The van der Waals surface area contributed by atoms with E-state index in [9.17, 15) is 18.4 Å². The molecular formula is C12H18N2O5S. The summed E-state index contributed by atoms with van der Waals surface area (Å²) in [6.07, 6.45) is 1.10. The number of benzene rings is 1. The van der Waals surface area contributed by atoms with E-state index in [0.29, 0.717) is 18.8 Å². The number of rotatable bonds is 8. The SMILES string of the molecule is CCCN(CCCS(=O)(=O)O)c1ccc(N=O)c(O)c1. The first-order chi connectivity index (χ1) is 9.37. The van der Waals surface area contributed by atoms with E-state index in [1.165, 1.54) is 12.1 Å². The highest BCUT2D eigenvalue weighted by Crippen LogP contribution is 2.30. The maximum absolute atomic E-state index is 10.7. The summed E-state index contributed by atoms with van der Waals surface area (Å²) in [5.41, 5.74) is 0.634. The van der Waals surface area contributed by atoms with Crippen molar-refractivity contribution in [3.8, 4) is 5.75 Å². The Morgan fingerprint density at radius 2 is 2.00 bits per heavy atom. The van der Waals surface area contributed by atoms with Gasteiger partial charge in [0.1, 0.15) is 11.4 Å². The second kappa shape index (κ2) is 7.20. The molecule has 0 amide bonds. The minimum absolute atomic E-state index is 0.0388. The van der Waals surface area contributed by atoms with Gasteiger partial charge in [-0.25, -0.2) is 0 Å². The molecule has 0 saturated carbocycles. The number of anilines is 1. The molecule has 1 aromatic carbocycles. The van der Waals surface area contributed by atoms with E-state index in [-0.39, 0.29) is 23.6 Å². The lowest BCUT2D eigenvalue weighted by Crippen LogP contribution is -2.26. The molecule has 8 heteroatoms. The van der Waals surface area contributed by atoms with Gasteiger partial charge in [-0.05, 0) is 30.2 Å². The van der Waals surface area contributed by atoms with Crippen molar-refractivity contribution in [3.63, 3.8) is 0 Å². The molecule has 0 unspecified atom stereocenters. The van der Waals surface area contributed by atoms with Crippen LogP contribution >= 0.6 is 0 Å². The summed E-state index contributed by atoms with van der Waals surface area (Å²) in [7, 11) is -3.97. The van der Waals surface area contributed by atoms with Gasteiger partial charge in [0, 0.05) is 24.8 Å². The fourth-order valence-corrected chi connectivity index (χ4v) is 2.36. The molecule has 0 aliphatic carbocycles. The second-order valence-corrected chi connectivity index (χ2v) is 5.96. The molecule has 0 bridgehead atoms. The zero-order valence-electron chi connectivity index (χ0n) is 11.2. The molecule has 0 fully saturated rings. The summed E-state index contributed by atoms with van der Waals surface area (Å²) < 4.78 is 30.1. The highest BCUT2D eigenvalue weighted by atomic mass is 32.2. The van der Waals surface area contributed by atoms with E-state index < -0.39 is 10.1 Å². The first kappa shape index (κ1) is 16.4. The zero-order valence-corrected chi connectivity index (χ0v) is 12.0. The Bertz CT molecular complexity index is 559. The van der Waals surface area contributed by atoms with Crippen LogP contribution in [0.4, 0.5) is 11.4 Å². The van der Waals surface area contributed by atoms with Gasteiger partial charge < -0.3 is 10.0 Å². The third kappa shape index (κ3) is 5.14. The lowest BCUT2D eigenvalue weighted by atomic mass is 10.2. The van der Waals surface area contributed by atoms with Crippen molar-refractivity contribution < 1.29 is 18.1 Å². The molecule has 0 spiro atoms. The van der Waals surface area contributed by atoms with E-state index >= 15 is 0 Å². The molecule has 0 aliphatic heterocycles. The van der Waals surface area contributed by atoms with Crippen LogP contribution in [0.25, 0.3) is 0 Å². The monoisotopic (exact) mass is 302 g/mol. The minimum atomic E-state index is -3.97. The molecule has 0 atom stereocenters. The van der Waals surface area contributed by atoms with E-state index in [1.807, 2.05) is 11.8 Å². The predicted octanol–water partition coefficient (Wildman–Crippen LogP) is 2.28. The Hall–Kier alpha value is -1.67. The van der Waals surface area contributed by atoms with Crippen LogP contribution < -0.4 is 4.90 Å². The van der Waals surface area contributed by atoms with Gasteiger partial charge in [0.05, 0.1) is 5.75 Å². The summed E-state index contributed by atoms with van der Waals surface area (Å²) in [6, 6.07) is 4.46. The maximum Gasteiger partial charge on any atom is 0.264 e. The van der Waals surface area contributed by atoms with Crippen LogP contribution in [0.2, 0.25) is 0 Å². The van der Waals surface area contributed by atoms with Crippen LogP contribution in [0.1, 0.15) is 19.8 Å². The lowest BCUT2D eigenvalue weighted by molar-refractivity contribution is 0.475. The highest BCUT2D eigenvalue weighted by molar-refractivity contribution is 7.85. The topological polar surface area (TPSA) is 107 Å². The van der Waals surface area contributed by atoms with Gasteiger partial charge >= 0.3 is 0 Å². The number of hydrogen-bond donors (Lipinski definition) is 2. The fraction of sp³-hybridized carbons (Fsp3) is 0.500. The number of nitrogens with zero attached hydrogens (tertiary/aromatic N) is 2. The molecule has 0 radical (unpaired) electrons. The van der Waals surface area contributed by atoms with Crippen molar-refractivity contribution in [1.82, 2.24) is 0 Å². The number of phenolic OH excluding ortho intramolecular Hbond substituents is 1. The summed E-state index contributed by atoms with van der Waals surface area (Å²) in [5.74, 6) is -0.527. The number of hydrogen-bond acceptors (Lipinski definition) is 6. The second-order valence-electron chi connectivity index (χ2n) is 4.39. The first-order valence-electron chi connectivity index (χ1n) is 6.24. The largest absolute Gasteiger partial charge is 0.505 e. The molecule has 1 aromatic rings. The number of nitroso groups, excluding NO2 is 1. The molecule has 0 heterocycles. The molecule has 20 heavy (non-hydrogen) atoms. The Balaban J connectivity index is 2.79. The molecule has 7 nitrogen and oxygen atoms in total. The number of phenols is 1. The average Bonchev–Trinajstić information content (AvgIpc) is 2.36. The van der Waals surface area contributed by atoms with Crippen molar-refractivity contribution in [1.29, 1.82) is 0 Å². The van der Waals surface area contributed by atoms with Crippen LogP contribution in [0.3, 0.4) is 0 Å². The molecular weight excluding hydrogens is 284 g/mol. The van der Waals surface area contributed by atoms with E-state index in [1.54, 1.807) is 6.07 Å². The summed E-state index contributed by atoms with van der Waals surface area (Å²) in [6.45, 7) is 3.05. The Morgan fingerprint density at radius 1 is 1.30 bits per heavy atom. The Labute approximate surface area is 117 Å². The third-order valence-corrected chi connectivity index (χ3v) is 3.55. The first-order valence-corrected chi connectivity index (χ1v) is 7.84. The van der Waals surface area contributed by atoms with E-state index in [4.69, 9.17) is 4.55 Å². The standard InChI is InChI=1S/C12H18N2O5S/c1-2-6-14(7-3-8-20(17,18)19)10-4-5-11(13-16)12(15)9-10/h4-5,9,15H,2-3,6-8H2,1H3,(H,17,18,19). The smallest absolute Gasteiger partial charge is 0.264 e. The summed E-state index contributed by atoms with van der Waals surface area (Å²) in [4.78, 5) is 12.3. The van der Waals surface area contributed by atoms with Crippen molar-refractivity contribution in [3.05, 3.63) is 23.1 Å². The van der Waals surface area contributed by atoms with Crippen molar-refractivity contribution >= 4 is 21.5 Å². The molecule has 2 N–H and O–H groups in total. The quantitative estimate of drug-likeness (QED) is 0.563. The normalized spacial score (nSPS) is 11.3. The van der Waals surface area contributed by atoms with Gasteiger partial charge in [0.2, 0.25) is 0 Å². The van der Waals surface area contributed by atoms with Crippen LogP contribution in [0.15, 0.2) is 23.4 Å². The van der Waals surface area contributed by atoms with Gasteiger partial charge in [0.15, 0.2) is 0 Å². The zero-order chi connectivity index (χ0) is 15.2. The average molecular weight is 302 g/mol. The summed E-state index contributed by atoms with van der Waals surface area (Å²) >= 11 is 0. The molecule has 0 saturated heterocycles. The summed E-state index contributed by atoms with van der Waals surface area (Å²) in [5, 5.41) is 12.3. The van der Waals surface area contributed by atoms with Gasteiger partial charge in [-0.1, -0.05) is 6.92 Å². The van der Waals surface area contributed by atoms with E-state index in [2.05, 4.69) is 5.18 Å².